The lowest BCUT2D eigenvalue weighted by molar-refractivity contribution is 0.181. The molecule has 0 saturated heterocycles. The topological polar surface area (TPSA) is 75.7 Å². The first-order chi connectivity index (χ1) is 7.15. The second-order valence-corrected chi connectivity index (χ2v) is 3.78. The van der Waals surface area contributed by atoms with Crippen molar-refractivity contribution < 1.29 is 14.9 Å². The lowest BCUT2D eigenvalue weighted by atomic mass is 9.96. The summed E-state index contributed by atoms with van der Waals surface area (Å²) >= 11 is 0. The number of nitrogens with two attached hydrogens (primary N) is 1. The molecule has 4 nitrogen and oxygen atoms in total. The average Bonchev–Trinajstić information content (AvgIpc) is 2.66. The van der Waals surface area contributed by atoms with Crippen LogP contribution in [0, 0.1) is 6.92 Å². The number of phenols is 1. The second-order valence-electron chi connectivity index (χ2n) is 3.78. The molecule has 0 aliphatic carbocycles. The fraction of sp³-hybridized carbons (Fsp3) is 0.455. The van der Waals surface area contributed by atoms with Crippen LogP contribution in [0.3, 0.4) is 0 Å². The van der Waals surface area contributed by atoms with Gasteiger partial charge in [-0.2, -0.15) is 0 Å². The minimum absolute atomic E-state index is 0.101. The van der Waals surface area contributed by atoms with Crippen LogP contribution in [-0.2, 0) is 6.42 Å². The summed E-state index contributed by atoms with van der Waals surface area (Å²) in [6.07, 6.45) is -0.101. The van der Waals surface area contributed by atoms with Crippen LogP contribution in [0.25, 0.3) is 0 Å². The highest BCUT2D eigenvalue weighted by molar-refractivity contribution is 5.55. The molecule has 1 aromatic carbocycles. The van der Waals surface area contributed by atoms with E-state index in [1.165, 1.54) is 0 Å². The minimum Gasteiger partial charge on any atom is -0.507 e. The lowest BCUT2D eigenvalue weighted by Crippen LogP contribution is -2.13. The van der Waals surface area contributed by atoms with Crippen molar-refractivity contribution in [3.8, 4) is 11.5 Å². The van der Waals surface area contributed by atoms with E-state index in [9.17, 15) is 10.2 Å². The molecular formula is C11H15NO3. The van der Waals surface area contributed by atoms with Crippen molar-refractivity contribution in [2.45, 2.75) is 19.4 Å². The largest absolute Gasteiger partial charge is 0.507 e. The van der Waals surface area contributed by atoms with Crippen molar-refractivity contribution in [3.63, 3.8) is 0 Å². The third kappa shape index (κ3) is 1.56. The van der Waals surface area contributed by atoms with E-state index in [1.54, 1.807) is 13.0 Å². The molecule has 1 aromatic rings. The summed E-state index contributed by atoms with van der Waals surface area (Å²) < 4.78 is 5.41. The monoisotopic (exact) mass is 209 g/mol. The van der Waals surface area contributed by atoms with Crippen molar-refractivity contribution in [1.29, 1.82) is 0 Å². The molecule has 1 unspecified atom stereocenters. The molecule has 1 aliphatic heterocycles. The molecule has 0 amide bonds. The van der Waals surface area contributed by atoms with E-state index in [-0.39, 0.29) is 12.3 Å². The molecule has 2 rings (SSSR count). The van der Waals surface area contributed by atoms with Crippen molar-refractivity contribution in [2.75, 3.05) is 13.2 Å². The first kappa shape index (κ1) is 10.3. The Morgan fingerprint density at radius 3 is 3.00 bits per heavy atom. The number of hydrogen-bond donors (Lipinski definition) is 3. The van der Waals surface area contributed by atoms with Gasteiger partial charge in [0.25, 0.3) is 0 Å². The van der Waals surface area contributed by atoms with Gasteiger partial charge in [0.2, 0.25) is 0 Å². The molecule has 0 radical (unpaired) electrons. The van der Waals surface area contributed by atoms with Crippen molar-refractivity contribution in [1.82, 2.24) is 0 Å². The number of benzene rings is 1. The summed E-state index contributed by atoms with van der Waals surface area (Å²) in [4.78, 5) is 0. The highest BCUT2D eigenvalue weighted by Gasteiger charge is 2.24. The highest BCUT2D eigenvalue weighted by atomic mass is 16.5. The van der Waals surface area contributed by atoms with Crippen LogP contribution in [0.4, 0.5) is 0 Å². The number of ether oxygens (including phenoxy) is 1. The van der Waals surface area contributed by atoms with Gasteiger partial charge < -0.3 is 20.7 Å². The standard InChI is InChI=1S/C11H15NO3/c1-6-4-9-7(2-3-15-9)10(11(6)14)8(13)5-12/h4,8,13-14H,2-3,5,12H2,1H3. The Balaban J connectivity index is 2.60. The molecule has 82 valence electrons. The number of fused-ring (bicyclic) bond motifs is 1. The Hall–Kier alpha value is -1.26. The zero-order valence-corrected chi connectivity index (χ0v) is 8.66. The average molecular weight is 209 g/mol. The fourth-order valence-electron chi connectivity index (χ4n) is 1.97. The highest BCUT2D eigenvalue weighted by Crippen LogP contribution is 2.39. The van der Waals surface area contributed by atoms with E-state index >= 15 is 0 Å². The van der Waals surface area contributed by atoms with Crippen LogP contribution in [0.15, 0.2) is 6.07 Å². The van der Waals surface area contributed by atoms with Crippen molar-refractivity contribution in [3.05, 3.63) is 22.8 Å². The SMILES string of the molecule is Cc1cc2c(c(C(O)CN)c1O)CCO2. The number of hydrogen-bond acceptors (Lipinski definition) is 4. The Labute approximate surface area is 88.3 Å². The molecule has 0 saturated carbocycles. The van der Waals surface area contributed by atoms with Gasteiger partial charge in [0.05, 0.1) is 12.7 Å². The molecule has 1 heterocycles. The molecule has 1 atom stereocenters. The van der Waals surface area contributed by atoms with E-state index in [0.717, 1.165) is 17.7 Å². The van der Waals surface area contributed by atoms with Gasteiger partial charge in [-0.3, -0.25) is 0 Å². The molecule has 0 bridgehead atoms. The second kappa shape index (κ2) is 3.72. The predicted molar refractivity (Wildman–Crippen MR) is 56.1 cm³/mol. The molecule has 4 N–H and O–H groups in total. The van der Waals surface area contributed by atoms with E-state index < -0.39 is 6.10 Å². The summed E-state index contributed by atoms with van der Waals surface area (Å²) in [5, 5.41) is 19.7. The quantitative estimate of drug-likeness (QED) is 0.667. The summed E-state index contributed by atoms with van der Waals surface area (Å²) in [6.45, 7) is 2.48. The van der Waals surface area contributed by atoms with Crippen LogP contribution < -0.4 is 10.5 Å². The third-order valence-corrected chi connectivity index (χ3v) is 2.76. The number of rotatable bonds is 2. The molecule has 4 heteroatoms. The molecule has 15 heavy (non-hydrogen) atoms. The number of aryl methyl sites for hydroxylation is 1. The van der Waals surface area contributed by atoms with E-state index in [0.29, 0.717) is 17.7 Å². The minimum atomic E-state index is -0.819. The maximum atomic E-state index is 9.89. The Morgan fingerprint density at radius 2 is 2.33 bits per heavy atom. The number of aliphatic hydroxyl groups excluding tert-OH is 1. The summed E-state index contributed by atoms with van der Waals surface area (Å²) in [6, 6.07) is 1.80. The predicted octanol–water partition coefficient (Wildman–Crippen LogP) is 0.628. The van der Waals surface area contributed by atoms with Crippen LogP contribution in [-0.4, -0.2) is 23.4 Å². The molecule has 1 aliphatic rings. The molecule has 0 fully saturated rings. The Morgan fingerprint density at radius 1 is 1.60 bits per heavy atom. The Kier molecular flexibility index (Phi) is 2.54. The molecule has 0 spiro atoms. The fourth-order valence-corrected chi connectivity index (χ4v) is 1.97. The van der Waals surface area contributed by atoms with Gasteiger partial charge in [-0.25, -0.2) is 0 Å². The van der Waals surface area contributed by atoms with Gasteiger partial charge >= 0.3 is 0 Å². The first-order valence-corrected chi connectivity index (χ1v) is 5.01. The smallest absolute Gasteiger partial charge is 0.124 e. The first-order valence-electron chi connectivity index (χ1n) is 5.01. The molecule has 0 aromatic heterocycles. The maximum absolute atomic E-state index is 9.89. The number of aliphatic hydroxyl groups is 1. The maximum Gasteiger partial charge on any atom is 0.124 e. The Bertz CT molecular complexity index is 390. The summed E-state index contributed by atoms with van der Waals surface area (Å²) in [7, 11) is 0. The van der Waals surface area contributed by atoms with Crippen LogP contribution >= 0.6 is 0 Å². The van der Waals surface area contributed by atoms with E-state index in [1.807, 2.05) is 0 Å². The van der Waals surface area contributed by atoms with E-state index in [2.05, 4.69) is 0 Å². The van der Waals surface area contributed by atoms with Crippen LogP contribution in [0.5, 0.6) is 11.5 Å². The van der Waals surface area contributed by atoms with E-state index in [4.69, 9.17) is 10.5 Å². The normalized spacial score (nSPS) is 15.9. The number of phenolic OH excluding ortho intramolecular Hbond substituents is 1. The van der Waals surface area contributed by atoms with Crippen LogP contribution in [0.2, 0.25) is 0 Å². The van der Waals surface area contributed by atoms with Gasteiger partial charge in [-0.1, -0.05) is 0 Å². The van der Waals surface area contributed by atoms with Gasteiger partial charge in [-0.05, 0) is 18.6 Å². The van der Waals surface area contributed by atoms with Crippen LogP contribution in [0.1, 0.15) is 22.8 Å². The summed E-state index contributed by atoms with van der Waals surface area (Å²) in [5.74, 6) is 0.894. The van der Waals surface area contributed by atoms with Crippen molar-refractivity contribution >= 4 is 0 Å². The zero-order valence-electron chi connectivity index (χ0n) is 8.66. The number of aromatic hydroxyl groups is 1. The molecular weight excluding hydrogens is 194 g/mol. The van der Waals surface area contributed by atoms with Crippen molar-refractivity contribution in [2.24, 2.45) is 5.73 Å². The van der Waals surface area contributed by atoms with Gasteiger partial charge in [0, 0.05) is 24.1 Å². The summed E-state index contributed by atoms with van der Waals surface area (Å²) in [5.41, 5.74) is 7.54. The third-order valence-electron chi connectivity index (χ3n) is 2.76. The van der Waals surface area contributed by atoms with Gasteiger partial charge in [0.15, 0.2) is 0 Å². The van der Waals surface area contributed by atoms with Gasteiger partial charge in [0.1, 0.15) is 11.5 Å². The zero-order chi connectivity index (χ0) is 11.0. The lowest BCUT2D eigenvalue weighted by Gasteiger charge is -2.16. The van der Waals surface area contributed by atoms with Gasteiger partial charge in [-0.15, -0.1) is 0 Å².